The van der Waals surface area contributed by atoms with Crippen LogP contribution in [0.25, 0.3) is 0 Å². The van der Waals surface area contributed by atoms with Gasteiger partial charge in [-0.15, -0.1) is 0 Å². The summed E-state index contributed by atoms with van der Waals surface area (Å²) in [5.74, 6) is -0.233. The number of rotatable bonds is 8. The minimum atomic E-state index is -3.76. The van der Waals surface area contributed by atoms with Crippen LogP contribution in [0.15, 0.2) is 83.8 Å². The van der Waals surface area contributed by atoms with Gasteiger partial charge in [0.2, 0.25) is 0 Å². The number of nitrogens with one attached hydrogen (secondary N) is 2. The molecule has 35 heavy (non-hydrogen) atoms. The van der Waals surface area contributed by atoms with E-state index >= 15 is 0 Å². The molecule has 0 bridgehead atoms. The van der Waals surface area contributed by atoms with Gasteiger partial charge in [-0.25, -0.2) is 8.42 Å². The van der Waals surface area contributed by atoms with Crippen LogP contribution in [0.1, 0.15) is 27.5 Å². The first-order valence-electron chi connectivity index (χ1n) is 11.8. The molecule has 184 valence electrons. The van der Waals surface area contributed by atoms with Crippen molar-refractivity contribution < 1.29 is 13.2 Å². The summed E-state index contributed by atoms with van der Waals surface area (Å²) < 4.78 is 28.3. The molecule has 1 aliphatic heterocycles. The molecule has 1 saturated heterocycles. The van der Waals surface area contributed by atoms with Crippen LogP contribution in [0.4, 0.5) is 5.69 Å². The molecule has 1 unspecified atom stereocenters. The van der Waals surface area contributed by atoms with Crippen molar-refractivity contribution in [2.45, 2.75) is 17.9 Å². The fourth-order valence-corrected chi connectivity index (χ4v) is 5.26. The Bertz CT molecular complexity index is 1240. The number of aryl methyl sites for hydroxylation is 1. The molecule has 1 aliphatic rings. The highest BCUT2D eigenvalue weighted by Crippen LogP contribution is 2.21. The lowest BCUT2D eigenvalue weighted by molar-refractivity contribution is 0.0907. The highest BCUT2D eigenvalue weighted by Gasteiger charge is 2.22. The Morgan fingerprint density at radius 3 is 2.17 bits per heavy atom. The van der Waals surface area contributed by atoms with Gasteiger partial charge in [-0.3, -0.25) is 14.4 Å². The summed E-state index contributed by atoms with van der Waals surface area (Å²) in [7, 11) is -1.64. The molecule has 0 saturated carbocycles. The summed E-state index contributed by atoms with van der Waals surface area (Å²) in [6.45, 7) is 6.48. The Labute approximate surface area is 207 Å². The van der Waals surface area contributed by atoms with Crippen molar-refractivity contribution in [3.8, 4) is 0 Å². The number of sulfonamides is 1. The number of anilines is 1. The number of para-hydroxylation sites is 1. The van der Waals surface area contributed by atoms with E-state index in [0.29, 0.717) is 11.3 Å². The van der Waals surface area contributed by atoms with Gasteiger partial charge in [0.15, 0.2) is 0 Å². The smallest absolute Gasteiger partial charge is 0.261 e. The Hall–Kier alpha value is -3.20. The molecule has 1 atom stereocenters. The topological polar surface area (TPSA) is 81.7 Å². The Morgan fingerprint density at radius 2 is 1.51 bits per heavy atom. The first-order chi connectivity index (χ1) is 16.8. The number of carbonyl (C=O) groups excluding carboxylic acids is 1. The normalized spacial score (nSPS) is 15.9. The maximum Gasteiger partial charge on any atom is 0.261 e. The molecule has 0 radical (unpaired) electrons. The lowest BCUT2D eigenvalue weighted by atomic mass is 10.0. The van der Waals surface area contributed by atoms with E-state index in [2.05, 4.69) is 26.9 Å². The van der Waals surface area contributed by atoms with Crippen LogP contribution in [0.3, 0.4) is 0 Å². The average Bonchev–Trinajstić information content (AvgIpc) is 2.87. The second-order valence-corrected chi connectivity index (χ2v) is 10.7. The van der Waals surface area contributed by atoms with Gasteiger partial charge in [0.05, 0.1) is 16.6 Å². The van der Waals surface area contributed by atoms with E-state index in [0.717, 1.165) is 43.9 Å². The molecule has 0 aliphatic carbocycles. The highest BCUT2D eigenvalue weighted by atomic mass is 32.2. The maximum absolute atomic E-state index is 13.1. The highest BCUT2D eigenvalue weighted by molar-refractivity contribution is 7.92. The Balaban J connectivity index is 1.47. The first kappa shape index (κ1) is 24.9. The number of likely N-dealkylation sites (N-methyl/N-ethyl adjacent to an activating group) is 1. The maximum atomic E-state index is 13.1. The largest absolute Gasteiger partial charge is 0.344 e. The van der Waals surface area contributed by atoms with Crippen LogP contribution in [0, 0.1) is 6.92 Å². The number of nitrogens with zero attached hydrogens (tertiary/aromatic N) is 2. The minimum Gasteiger partial charge on any atom is -0.344 e. The van der Waals surface area contributed by atoms with E-state index in [4.69, 9.17) is 0 Å². The zero-order chi connectivity index (χ0) is 24.8. The summed E-state index contributed by atoms with van der Waals surface area (Å²) in [5, 5.41) is 3.15. The van der Waals surface area contributed by atoms with E-state index in [1.54, 1.807) is 24.3 Å². The van der Waals surface area contributed by atoms with E-state index in [1.165, 1.54) is 12.1 Å². The molecule has 3 aromatic carbocycles. The quantitative estimate of drug-likeness (QED) is 0.503. The molecule has 1 heterocycles. The van der Waals surface area contributed by atoms with Crippen molar-refractivity contribution >= 4 is 21.6 Å². The molecule has 4 rings (SSSR count). The van der Waals surface area contributed by atoms with Crippen molar-refractivity contribution in [3.63, 3.8) is 0 Å². The number of benzene rings is 3. The number of hydrogen-bond acceptors (Lipinski definition) is 5. The Kier molecular flexibility index (Phi) is 7.85. The third-order valence-electron chi connectivity index (χ3n) is 6.36. The van der Waals surface area contributed by atoms with Gasteiger partial charge in [-0.1, -0.05) is 48.5 Å². The molecular formula is C27H32N4O3S. The molecule has 0 spiro atoms. The summed E-state index contributed by atoms with van der Waals surface area (Å²) in [4.78, 5) is 17.9. The van der Waals surface area contributed by atoms with Crippen molar-refractivity contribution in [2.24, 2.45) is 0 Å². The van der Waals surface area contributed by atoms with E-state index < -0.39 is 10.0 Å². The molecule has 3 aromatic rings. The van der Waals surface area contributed by atoms with Gasteiger partial charge in [0, 0.05) is 38.3 Å². The summed E-state index contributed by atoms with van der Waals surface area (Å²) >= 11 is 0. The number of piperazine rings is 1. The second-order valence-electron chi connectivity index (χ2n) is 8.99. The minimum absolute atomic E-state index is 0.106. The first-order valence-corrected chi connectivity index (χ1v) is 13.3. The van der Waals surface area contributed by atoms with Crippen LogP contribution in [-0.4, -0.2) is 63.9 Å². The van der Waals surface area contributed by atoms with Crippen LogP contribution >= 0.6 is 0 Å². The summed E-state index contributed by atoms with van der Waals surface area (Å²) in [6.07, 6.45) is 0. The molecule has 0 aromatic heterocycles. The molecule has 2 N–H and O–H groups in total. The predicted molar refractivity (Wildman–Crippen MR) is 139 cm³/mol. The number of carbonyl (C=O) groups is 1. The van der Waals surface area contributed by atoms with Gasteiger partial charge in [0.1, 0.15) is 0 Å². The average molecular weight is 493 g/mol. The van der Waals surface area contributed by atoms with E-state index in [1.807, 2.05) is 49.4 Å². The van der Waals surface area contributed by atoms with E-state index in [-0.39, 0.29) is 16.8 Å². The van der Waals surface area contributed by atoms with Crippen LogP contribution < -0.4 is 10.0 Å². The van der Waals surface area contributed by atoms with Crippen LogP contribution in [-0.2, 0) is 10.0 Å². The van der Waals surface area contributed by atoms with Crippen LogP contribution in [0.5, 0.6) is 0 Å². The van der Waals surface area contributed by atoms with Gasteiger partial charge >= 0.3 is 0 Å². The molecular weight excluding hydrogens is 460 g/mol. The van der Waals surface area contributed by atoms with Crippen molar-refractivity contribution in [1.29, 1.82) is 0 Å². The van der Waals surface area contributed by atoms with Gasteiger partial charge in [0.25, 0.3) is 15.9 Å². The zero-order valence-electron chi connectivity index (χ0n) is 20.1. The fourth-order valence-electron chi connectivity index (χ4n) is 4.13. The van der Waals surface area contributed by atoms with Gasteiger partial charge in [-0.2, -0.15) is 0 Å². The fraction of sp³-hybridized carbons (Fsp3) is 0.296. The second kappa shape index (κ2) is 11.0. The Morgan fingerprint density at radius 1 is 0.886 bits per heavy atom. The zero-order valence-corrected chi connectivity index (χ0v) is 21.0. The SMILES string of the molecule is Cc1ccccc1NS(=O)(=O)c1ccc(C(=O)NC(CN2CCN(C)CC2)c2ccccc2)cc1. The van der Waals surface area contributed by atoms with Crippen molar-refractivity contribution in [1.82, 2.24) is 15.1 Å². The standard InChI is InChI=1S/C27H32N4O3S/c1-21-8-6-7-11-25(21)29-35(33,34)24-14-12-23(13-15-24)27(32)28-26(22-9-4-3-5-10-22)20-31-18-16-30(2)17-19-31/h3-15,26,29H,16-20H2,1-2H3,(H,28,32). The number of hydrogen-bond donors (Lipinski definition) is 2. The van der Waals surface area contributed by atoms with Crippen molar-refractivity contribution in [2.75, 3.05) is 44.5 Å². The third kappa shape index (κ3) is 6.48. The molecule has 8 heteroatoms. The predicted octanol–water partition coefficient (Wildman–Crippen LogP) is 3.51. The molecule has 7 nitrogen and oxygen atoms in total. The third-order valence-corrected chi connectivity index (χ3v) is 7.74. The van der Waals surface area contributed by atoms with Gasteiger partial charge < -0.3 is 10.2 Å². The van der Waals surface area contributed by atoms with E-state index in [9.17, 15) is 13.2 Å². The summed E-state index contributed by atoms with van der Waals surface area (Å²) in [5.41, 5.74) is 2.82. The van der Waals surface area contributed by atoms with Crippen molar-refractivity contribution in [3.05, 3.63) is 95.6 Å². The summed E-state index contributed by atoms with van der Waals surface area (Å²) in [6, 6.07) is 23.0. The lowest BCUT2D eigenvalue weighted by Crippen LogP contribution is -2.47. The monoisotopic (exact) mass is 492 g/mol. The molecule has 1 fully saturated rings. The number of amides is 1. The van der Waals surface area contributed by atoms with Gasteiger partial charge in [-0.05, 0) is 55.4 Å². The molecule has 1 amide bonds. The lowest BCUT2D eigenvalue weighted by Gasteiger charge is -2.35. The van der Waals surface area contributed by atoms with Crippen LogP contribution in [0.2, 0.25) is 0 Å².